The molecule has 1 aromatic carbocycles. The minimum absolute atomic E-state index is 0.0491. The van der Waals surface area contributed by atoms with Gasteiger partial charge in [0.25, 0.3) is 0 Å². The highest BCUT2D eigenvalue weighted by Gasteiger charge is 2.26. The number of benzene rings is 1. The van der Waals surface area contributed by atoms with Gasteiger partial charge < -0.3 is 15.4 Å². The highest BCUT2D eigenvalue weighted by atomic mass is 16.5. The van der Waals surface area contributed by atoms with Crippen molar-refractivity contribution in [2.75, 3.05) is 13.7 Å². The Balaban J connectivity index is 1.85. The minimum atomic E-state index is -0.0491. The first-order chi connectivity index (χ1) is 9.20. The van der Waals surface area contributed by atoms with Gasteiger partial charge in [0, 0.05) is 6.54 Å². The van der Waals surface area contributed by atoms with Gasteiger partial charge in [-0.1, -0.05) is 19.1 Å². The summed E-state index contributed by atoms with van der Waals surface area (Å²) in [5, 5.41) is 6.29. The van der Waals surface area contributed by atoms with E-state index in [0.29, 0.717) is 12.5 Å². The van der Waals surface area contributed by atoms with Gasteiger partial charge in [0.1, 0.15) is 5.75 Å². The number of rotatable bonds is 4. The highest BCUT2D eigenvalue weighted by Crippen LogP contribution is 2.16. The second kappa shape index (κ2) is 6.57. The lowest BCUT2D eigenvalue weighted by atomic mass is 9.92. The van der Waals surface area contributed by atoms with Gasteiger partial charge in [-0.15, -0.1) is 0 Å². The van der Waals surface area contributed by atoms with Crippen LogP contribution in [0.4, 0.5) is 0 Å². The maximum Gasteiger partial charge on any atom is 0.237 e. The molecule has 0 saturated carbocycles. The van der Waals surface area contributed by atoms with E-state index in [4.69, 9.17) is 4.74 Å². The first kappa shape index (κ1) is 13.9. The van der Waals surface area contributed by atoms with Crippen LogP contribution in [0.25, 0.3) is 0 Å². The Morgan fingerprint density at radius 1 is 1.42 bits per heavy atom. The number of nitrogens with one attached hydrogen (secondary N) is 2. The summed E-state index contributed by atoms with van der Waals surface area (Å²) in [5.41, 5.74) is 1.08. The zero-order chi connectivity index (χ0) is 13.7. The number of carbonyl (C=O) groups excluding carboxylic acids is 1. The van der Waals surface area contributed by atoms with E-state index in [9.17, 15) is 4.79 Å². The molecule has 1 amide bonds. The second-order valence-electron chi connectivity index (χ2n) is 5.12. The average molecular weight is 262 g/mol. The number of amides is 1. The van der Waals surface area contributed by atoms with Crippen molar-refractivity contribution >= 4 is 5.91 Å². The predicted molar refractivity (Wildman–Crippen MR) is 75.0 cm³/mol. The van der Waals surface area contributed by atoms with E-state index < -0.39 is 0 Å². The molecular weight excluding hydrogens is 240 g/mol. The van der Waals surface area contributed by atoms with Crippen molar-refractivity contribution in [3.05, 3.63) is 29.8 Å². The molecule has 1 aliphatic rings. The normalized spacial score (nSPS) is 22.8. The Bertz CT molecular complexity index is 417. The van der Waals surface area contributed by atoms with E-state index in [1.54, 1.807) is 7.11 Å². The van der Waals surface area contributed by atoms with Gasteiger partial charge in [0.2, 0.25) is 5.91 Å². The van der Waals surface area contributed by atoms with Crippen LogP contribution in [0.15, 0.2) is 24.3 Å². The average Bonchev–Trinajstić information content (AvgIpc) is 2.46. The van der Waals surface area contributed by atoms with Gasteiger partial charge in [0.05, 0.1) is 13.2 Å². The first-order valence-corrected chi connectivity index (χ1v) is 6.84. The van der Waals surface area contributed by atoms with E-state index in [1.807, 2.05) is 24.3 Å². The van der Waals surface area contributed by atoms with Crippen LogP contribution in [0, 0.1) is 5.92 Å². The summed E-state index contributed by atoms with van der Waals surface area (Å²) >= 11 is 0. The smallest absolute Gasteiger partial charge is 0.237 e. The molecule has 0 radical (unpaired) electrons. The van der Waals surface area contributed by atoms with Crippen LogP contribution in [0.5, 0.6) is 5.75 Å². The molecule has 2 unspecified atom stereocenters. The largest absolute Gasteiger partial charge is 0.497 e. The summed E-state index contributed by atoms with van der Waals surface area (Å²) in [7, 11) is 1.65. The summed E-state index contributed by atoms with van der Waals surface area (Å²) in [5.74, 6) is 1.34. The maximum atomic E-state index is 12.1. The Hall–Kier alpha value is -1.55. The molecule has 104 valence electrons. The monoisotopic (exact) mass is 262 g/mol. The van der Waals surface area contributed by atoms with Gasteiger partial charge in [-0.25, -0.2) is 0 Å². The SMILES string of the molecule is COc1ccc(CNC(=O)C2NCCCC2C)cc1. The number of ether oxygens (including phenoxy) is 1. The zero-order valence-corrected chi connectivity index (χ0v) is 11.6. The molecule has 4 heteroatoms. The van der Waals surface area contributed by atoms with Crippen molar-refractivity contribution in [3.63, 3.8) is 0 Å². The number of methoxy groups -OCH3 is 1. The fourth-order valence-corrected chi connectivity index (χ4v) is 2.44. The summed E-state index contributed by atoms with van der Waals surface area (Å²) in [4.78, 5) is 12.1. The topological polar surface area (TPSA) is 50.4 Å². The van der Waals surface area contributed by atoms with E-state index in [1.165, 1.54) is 0 Å². The summed E-state index contributed by atoms with van der Waals surface area (Å²) in [6.45, 7) is 3.63. The third kappa shape index (κ3) is 3.70. The number of piperidine rings is 1. The third-order valence-electron chi connectivity index (χ3n) is 3.68. The van der Waals surface area contributed by atoms with Crippen LogP contribution in [0.3, 0.4) is 0 Å². The van der Waals surface area contributed by atoms with E-state index in [-0.39, 0.29) is 11.9 Å². The molecule has 1 saturated heterocycles. The third-order valence-corrected chi connectivity index (χ3v) is 3.68. The van der Waals surface area contributed by atoms with E-state index >= 15 is 0 Å². The van der Waals surface area contributed by atoms with Crippen molar-refractivity contribution in [3.8, 4) is 5.75 Å². The van der Waals surface area contributed by atoms with Crippen LogP contribution in [-0.2, 0) is 11.3 Å². The molecular formula is C15H22N2O2. The summed E-state index contributed by atoms with van der Waals surface area (Å²) in [6, 6.07) is 7.70. The van der Waals surface area contributed by atoms with Gasteiger partial charge >= 0.3 is 0 Å². The van der Waals surface area contributed by atoms with Crippen molar-refractivity contribution in [2.24, 2.45) is 5.92 Å². The van der Waals surface area contributed by atoms with Crippen molar-refractivity contribution in [1.29, 1.82) is 0 Å². The fourth-order valence-electron chi connectivity index (χ4n) is 2.44. The molecule has 0 aromatic heterocycles. The molecule has 19 heavy (non-hydrogen) atoms. The highest BCUT2D eigenvalue weighted by molar-refractivity contribution is 5.82. The maximum absolute atomic E-state index is 12.1. The first-order valence-electron chi connectivity index (χ1n) is 6.84. The number of hydrogen-bond donors (Lipinski definition) is 2. The molecule has 1 fully saturated rings. The fraction of sp³-hybridized carbons (Fsp3) is 0.533. The predicted octanol–water partition coefficient (Wildman–Crippen LogP) is 1.70. The van der Waals surface area contributed by atoms with Crippen LogP contribution in [0.2, 0.25) is 0 Å². The molecule has 0 spiro atoms. The lowest BCUT2D eigenvalue weighted by molar-refractivity contribution is -0.125. The van der Waals surface area contributed by atoms with Gasteiger partial charge in [-0.3, -0.25) is 4.79 Å². The molecule has 4 nitrogen and oxygen atoms in total. The Morgan fingerprint density at radius 2 is 2.16 bits per heavy atom. The van der Waals surface area contributed by atoms with E-state index in [2.05, 4.69) is 17.6 Å². The number of hydrogen-bond acceptors (Lipinski definition) is 3. The lowest BCUT2D eigenvalue weighted by Gasteiger charge is -2.28. The standard InChI is InChI=1S/C15H22N2O2/c1-11-4-3-9-16-14(11)15(18)17-10-12-5-7-13(19-2)8-6-12/h5-8,11,14,16H,3-4,9-10H2,1-2H3,(H,17,18). The van der Waals surface area contributed by atoms with Crippen molar-refractivity contribution < 1.29 is 9.53 Å². The van der Waals surface area contributed by atoms with Gasteiger partial charge in [-0.2, -0.15) is 0 Å². The molecule has 0 aliphatic carbocycles. The van der Waals surface area contributed by atoms with Crippen molar-refractivity contribution in [2.45, 2.75) is 32.4 Å². The zero-order valence-electron chi connectivity index (χ0n) is 11.6. The summed E-state index contributed by atoms with van der Waals surface area (Å²) in [6.07, 6.45) is 2.27. The molecule has 2 rings (SSSR count). The van der Waals surface area contributed by atoms with Crippen LogP contribution < -0.4 is 15.4 Å². The minimum Gasteiger partial charge on any atom is -0.497 e. The summed E-state index contributed by atoms with van der Waals surface area (Å²) < 4.78 is 5.11. The lowest BCUT2D eigenvalue weighted by Crippen LogP contribution is -2.50. The second-order valence-corrected chi connectivity index (χ2v) is 5.12. The molecule has 2 atom stereocenters. The quantitative estimate of drug-likeness (QED) is 0.868. The van der Waals surface area contributed by atoms with Crippen LogP contribution in [0.1, 0.15) is 25.3 Å². The van der Waals surface area contributed by atoms with Gasteiger partial charge in [0.15, 0.2) is 0 Å². The molecule has 2 N–H and O–H groups in total. The van der Waals surface area contributed by atoms with Crippen LogP contribution in [-0.4, -0.2) is 25.6 Å². The Morgan fingerprint density at radius 3 is 2.79 bits per heavy atom. The molecule has 1 heterocycles. The van der Waals surface area contributed by atoms with Gasteiger partial charge in [-0.05, 0) is 43.0 Å². The molecule has 1 aliphatic heterocycles. The van der Waals surface area contributed by atoms with Crippen LogP contribution >= 0.6 is 0 Å². The molecule has 1 aromatic rings. The molecule has 0 bridgehead atoms. The van der Waals surface area contributed by atoms with Crippen molar-refractivity contribution in [1.82, 2.24) is 10.6 Å². The Labute approximate surface area is 114 Å². The Kier molecular flexibility index (Phi) is 4.80. The number of carbonyl (C=O) groups is 1. The van der Waals surface area contributed by atoms with E-state index in [0.717, 1.165) is 30.7 Å².